The number of nitrogens with zero attached hydrogens (tertiary/aromatic N) is 4. The minimum Gasteiger partial charge on any atom is -0.496 e. The lowest BCUT2D eigenvalue weighted by Gasteiger charge is -2.28. The molecular formula is C25H30F3N5O5. The maximum Gasteiger partial charge on any atom is 0.387 e. The number of methoxy groups -OCH3 is 1. The number of rotatable bonds is 10. The highest BCUT2D eigenvalue weighted by Gasteiger charge is 2.40. The van der Waals surface area contributed by atoms with Gasteiger partial charge < -0.3 is 29.5 Å². The molecule has 4 rings (SSSR count). The standard InChI is InChI=1S/C25H30F3N5O5/c1-12(25(2,3)35)37-19-11-33-21(31-22(19)32(4)5)14(10-29-33)13-7-17(36-6)20(18(8-13)38-24(27)28)23(34)30-16-9-15(16)26/h7-8,10-12,15-16,24,35H,9H2,1-6H3,(H,30,34)/t12-,15-,16?/m0/s1. The van der Waals surface area contributed by atoms with Crippen LogP contribution in [0, 0.1) is 0 Å². The monoisotopic (exact) mass is 537 g/mol. The van der Waals surface area contributed by atoms with Crippen LogP contribution in [0.15, 0.2) is 24.5 Å². The number of aliphatic hydroxyl groups is 1. The first-order valence-corrected chi connectivity index (χ1v) is 11.9. The van der Waals surface area contributed by atoms with E-state index >= 15 is 0 Å². The van der Waals surface area contributed by atoms with Crippen molar-refractivity contribution in [1.29, 1.82) is 0 Å². The molecular weight excluding hydrogens is 507 g/mol. The first-order chi connectivity index (χ1) is 17.8. The van der Waals surface area contributed by atoms with E-state index in [0.29, 0.717) is 28.3 Å². The van der Waals surface area contributed by atoms with Crippen molar-refractivity contribution in [3.63, 3.8) is 0 Å². The quantitative estimate of drug-likeness (QED) is 0.405. The second-order valence-corrected chi connectivity index (χ2v) is 9.83. The molecule has 2 heterocycles. The highest BCUT2D eigenvalue weighted by molar-refractivity contribution is 6.01. The molecule has 2 N–H and O–H groups in total. The minimum atomic E-state index is -3.23. The number of benzene rings is 1. The van der Waals surface area contributed by atoms with Crippen LogP contribution in [-0.4, -0.2) is 77.3 Å². The van der Waals surface area contributed by atoms with E-state index in [0.717, 1.165) is 0 Å². The average Bonchev–Trinajstić information content (AvgIpc) is 3.34. The zero-order valence-electron chi connectivity index (χ0n) is 21.8. The smallest absolute Gasteiger partial charge is 0.387 e. The van der Waals surface area contributed by atoms with E-state index in [1.807, 2.05) is 0 Å². The van der Waals surface area contributed by atoms with Crippen LogP contribution in [0.5, 0.6) is 17.2 Å². The van der Waals surface area contributed by atoms with Gasteiger partial charge in [0.1, 0.15) is 29.3 Å². The molecule has 1 saturated carbocycles. The van der Waals surface area contributed by atoms with Crippen molar-refractivity contribution in [1.82, 2.24) is 19.9 Å². The Morgan fingerprint density at radius 1 is 1.24 bits per heavy atom. The minimum absolute atomic E-state index is 0.0437. The molecule has 1 aliphatic carbocycles. The van der Waals surface area contributed by atoms with E-state index in [-0.39, 0.29) is 17.7 Å². The van der Waals surface area contributed by atoms with Gasteiger partial charge in [-0.3, -0.25) is 4.79 Å². The van der Waals surface area contributed by atoms with Gasteiger partial charge >= 0.3 is 6.61 Å². The molecule has 10 nitrogen and oxygen atoms in total. The highest BCUT2D eigenvalue weighted by atomic mass is 19.3. The van der Waals surface area contributed by atoms with Gasteiger partial charge in [0.25, 0.3) is 5.91 Å². The van der Waals surface area contributed by atoms with Crippen LogP contribution in [0.4, 0.5) is 19.0 Å². The summed E-state index contributed by atoms with van der Waals surface area (Å²) in [7, 11) is 4.82. The van der Waals surface area contributed by atoms with Crippen LogP contribution in [0.1, 0.15) is 37.6 Å². The van der Waals surface area contributed by atoms with Crippen LogP contribution < -0.4 is 24.4 Å². The van der Waals surface area contributed by atoms with Crippen molar-refractivity contribution >= 4 is 17.4 Å². The molecule has 0 aliphatic heterocycles. The molecule has 1 aromatic carbocycles. The number of hydrogen-bond donors (Lipinski definition) is 2. The summed E-state index contributed by atoms with van der Waals surface area (Å²) >= 11 is 0. The van der Waals surface area contributed by atoms with Gasteiger partial charge in [-0.25, -0.2) is 13.9 Å². The summed E-state index contributed by atoms with van der Waals surface area (Å²) in [5.74, 6) is -0.464. The first-order valence-electron chi connectivity index (χ1n) is 11.9. The van der Waals surface area contributed by atoms with Crippen molar-refractivity contribution in [2.24, 2.45) is 0 Å². The molecule has 38 heavy (non-hydrogen) atoms. The third kappa shape index (κ3) is 5.57. The van der Waals surface area contributed by atoms with Gasteiger partial charge in [-0.15, -0.1) is 0 Å². The maximum atomic E-state index is 13.4. The van der Waals surface area contributed by atoms with Crippen LogP contribution >= 0.6 is 0 Å². The predicted molar refractivity (Wildman–Crippen MR) is 133 cm³/mol. The molecule has 206 valence electrons. The van der Waals surface area contributed by atoms with Crippen LogP contribution in [0.3, 0.4) is 0 Å². The molecule has 13 heteroatoms. The molecule has 2 aromatic heterocycles. The van der Waals surface area contributed by atoms with Crippen molar-refractivity contribution in [2.45, 2.75) is 57.7 Å². The zero-order valence-corrected chi connectivity index (χ0v) is 21.8. The molecule has 1 fully saturated rings. The zero-order chi connectivity index (χ0) is 27.9. The van der Waals surface area contributed by atoms with Gasteiger partial charge in [-0.05, 0) is 38.5 Å². The Bertz CT molecular complexity index is 1340. The first kappa shape index (κ1) is 27.3. The summed E-state index contributed by atoms with van der Waals surface area (Å²) in [6, 6.07) is 2.05. The van der Waals surface area contributed by atoms with Crippen molar-refractivity contribution in [3.8, 4) is 28.4 Å². The lowest BCUT2D eigenvalue weighted by atomic mass is 10.0. The lowest BCUT2D eigenvalue weighted by Crippen LogP contribution is -2.38. The molecule has 0 saturated heterocycles. The normalized spacial score (nSPS) is 17.9. The number of aromatic nitrogens is 3. The van der Waals surface area contributed by atoms with Crippen molar-refractivity contribution < 1.29 is 37.3 Å². The Kier molecular flexibility index (Phi) is 7.33. The van der Waals surface area contributed by atoms with Crippen molar-refractivity contribution in [3.05, 3.63) is 30.1 Å². The third-order valence-electron chi connectivity index (χ3n) is 6.23. The van der Waals surface area contributed by atoms with Crippen molar-refractivity contribution in [2.75, 3.05) is 26.1 Å². The summed E-state index contributed by atoms with van der Waals surface area (Å²) < 4.78 is 57.4. The highest BCUT2D eigenvalue weighted by Crippen LogP contribution is 2.39. The fraction of sp³-hybridized carbons (Fsp3) is 0.480. The Balaban J connectivity index is 1.81. The Morgan fingerprint density at radius 3 is 2.45 bits per heavy atom. The number of fused-ring (bicyclic) bond motifs is 1. The molecule has 0 spiro atoms. The summed E-state index contributed by atoms with van der Waals surface area (Å²) in [5.41, 5.74) is -0.257. The Labute approximate surface area is 217 Å². The van der Waals surface area contributed by atoms with E-state index in [4.69, 9.17) is 9.47 Å². The molecule has 3 atom stereocenters. The molecule has 1 unspecified atom stereocenters. The summed E-state index contributed by atoms with van der Waals surface area (Å²) in [6.07, 6.45) is 1.47. The molecule has 0 radical (unpaired) electrons. The number of halogens is 3. The van der Waals surface area contributed by atoms with Gasteiger partial charge in [0.15, 0.2) is 17.2 Å². The Hall–Kier alpha value is -3.74. The van der Waals surface area contributed by atoms with Gasteiger partial charge in [0, 0.05) is 26.1 Å². The summed E-state index contributed by atoms with van der Waals surface area (Å²) in [5, 5.41) is 17.1. The molecule has 1 aliphatic rings. The fourth-order valence-corrected chi connectivity index (χ4v) is 3.70. The number of anilines is 1. The van der Waals surface area contributed by atoms with E-state index in [9.17, 15) is 23.1 Å². The predicted octanol–water partition coefficient (Wildman–Crippen LogP) is 3.45. The number of carbonyl (C=O) groups excluding carboxylic acids is 1. The third-order valence-corrected chi connectivity index (χ3v) is 6.23. The lowest BCUT2D eigenvalue weighted by molar-refractivity contribution is -0.0502. The second-order valence-electron chi connectivity index (χ2n) is 9.83. The van der Waals surface area contributed by atoms with E-state index < -0.39 is 42.2 Å². The number of carbonyl (C=O) groups is 1. The van der Waals surface area contributed by atoms with Gasteiger partial charge in [0.2, 0.25) is 0 Å². The van der Waals surface area contributed by atoms with Gasteiger partial charge in [-0.2, -0.15) is 13.9 Å². The average molecular weight is 538 g/mol. The number of amides is 1. The molecule has 3 aromatic rings. The van der Waals surface area contributed by atoms with Crippen LogP contribution in [0.25, 0.3) is 16.8 Å². The second kappa shape index (κ2) is 10.2. The summed E-state index contributed by atoms with van der Waals surface area (Å²) in [6.45, 7) is 1.75. The number of nitrogens with one attached hydrogen (secondary N) is 1. The molecule has 1 amide bonds. The Morgan fingerprint density at radius 2 is 1.89 bits per heavy atom. The largest absolute Gasteiger partial charge is 0.496 e. The van der Waals surface area contributed by atoms with Crippen LogP contribution in [0.2, 0.25) is 0 Å². The topological polar surface area (TPSA) is 110 Å². The number of ether oxygens (including phenoxy) is 3. The van der Waals surface area contributed by atoms with E-state index in [2.05, 4.69) is 20.1 Å². The van der Waals surface area contributed by atoms with Gasteiger partial charge in [0.05, 0.1) is 31.1 Å². The van der Waals surface area contributed by atoms with Crippen LogP contribution in [-0.2, 0) is 0 Å². The molecule has 0 bridgehead atoms. The van der Waals surface area contributed by atoms with E-state index in [1.165, 1.54) is 30.0 Å². The fourth-order valence-electron chi connectivity index (χ4n) is 3.70. The summed E-state index contributed by atoms with van der Waals surface area (Å²) in [4.78, 5) is 19.2. The number of alkyl halides is 3. The number of hydrogen-bond acceptors (Lipinski definition) is 8. The van der Waals surface area contributed by atoms with Gasteiger partial charge in [-0.1, -0.05) is 0 Å². The van der Waals surface area contributed by atoms with E-state index in [1.54, 1.807) is 46.0 Å². The maximum absolute atomic E-state index is 13.4. The SMILES string of the molecule is COc1cc(-c2cnn3cc(O[C@@H](C)C(C)(C)O)c(N(C)C)nc23)cc(OC(F)F)c1C(=O)NC1C[C@@H]1F.